The van der Waals surface area contributed by atoms with Crippen molar-refractivity contribution in [2.45, 2.75) is 26.4 Å². The predicted octanol–water partition coefficient (Wildman–Crippen LogP) is 7.88. The molecule has 0 aliphatic carbocycles. The van der Waals surface area contributed by atoms with E-state index in [0.717, 1.165) is 33.6 Å². The van der Waals surface area contributed by atoms with Gasteiger partial charge in [-0.15, -0.1) is 0 Å². The molecule has 2 heterocycles. The summed E-state index contributed by atoms with van der Waals surface area (Å²) in [5.41, 5.74) is 6.11. The van der Waals surface area contributed by atoms with Gasteiger partial charge < -0.3 is 9.47 Å². The molecule has 0 radical (unpaired) electrons. The Hall–Kier alpha value is -4.38. The minimum absolute atomic E-state index is 0.511. The first kappa shape index (κ1) is 24.0. The summed E-state index contributed by atoms with van der Waals surface area (Å²) in [5, 5.41) is 4.94. The van der Waals surface area contributed by atoms with Crippen LogP contribution in [0.4, 0.5) is 0 Å². The van der Waals surface area contributed by atoms with Crippen molar-refractivity contribution < 1.29 is 9.47 Å². The number of ether oxygens (including phenoxy) is 2. The molecule has 4 aromatic carbocycles. The Morgan fingerprint density at radius 2 is 0.789 bits per heavy atom. The van der Waals surface area contributed by atoms with Crippen molar-refractivity contribution >= 4 is 21.5 Å². The van der Waals surface area contributed by atoms with Crippen LogP contribution in [-0.4, -0.2) is 9.97 Å². The van der Waals surface area contributed by atoms with E-state index in [1.165, 1.54) is 21.5 Å². The van der Waals surface area contributed by atoms with E-state index in [1.54, 1.807) is 0 Å². The fraction of sp³-hybridized carbons (Fsp3) is 0.118. The van der Waals surface area contributed by atoms with E-state index in [-0.39, 0.29) is 0 Å². The molecule has 4 heteroatoms. The van der Waals surface area contributed by atoms with Gasteiger partial charge in [0, 0.05) is 12.4 Å². The summed E-state index contributed by atoms with van der Waals surface area (Å²) in [6.45, 7) is 2.14. The van der Waals surface area contributed by atoms with Gasteiger partial charge in [-0.25, -0.2) is 0 Å². The van der Waals surface area contributed by atoms with Gasteiger partial charge in [-0.2, -0.15) is 0 Å². The van der Waals surface area contributed by atoms with E-state index in [2.05, 4.69) is 94.9 Å². The zero-order valence-electron chi connectivity index (χ0n) is 21.1. The second-order valence-corrected chi connectivity index (χ2v) is 9.45. The minimum atomic E-state index is 0.511. The third kappa shape index (κ3) is 5.78. The van der Waals surface area contributed by atoms with Crippen molar-refractivity contribution in [2.24, 2.45) is 0 Å². The maximum atomic E-state index is 6.02. The van der Waals surface area contributed by atoms with Crippen LogP contribution in [0.25, 0.3) is 32.9 Å². The lowest BCUT2D eigenvalue weighted by molar-refractivity contribution is 0.107. The highest BCUT2D eigenvalue weighted by atomic mass is 16.5. The molecule has 2 aromatic heterocycles. The van der Waals surface area contributed by atoms with Crippen molar-refractivity contribution in [1.82, 2.24) is 9.97 Å². The summed E-state index contributed by atoms with van der Waals surface area (Å²) >= 11 is 0. The van der Waals surface area contributed by atoms with Crippen LogP contribution in [0, 0.1) is 0 Å². The lowest BCUT2D eigenvalue weighted by atomic mass is 10.1. The summed E-state index contributed by atoms with van der Waals surface area (Å²) < 4.78 is 12.0. The summed E-state index contributed by atoms with van der Waals surface area (Å²) in [6, 6.07) is 37.7. The van der Waals surface area contributed by atoms with Crippen molar-refractivity contribution in [3.63, 3.8) is 0 Å². The van der Waals surface area contributed by atoms with Gasteiger partial charge in [-0.3, -0.25) is 9.97 Å². The van der Waals surface area contributed by atoms with Crippen LogP contribution in [-0.2, 0) is 35.9 Å². The number of hydrogen-bond donors (Lipinski definition) is 0. The maximum absolute atomic E-state index is 6.02. The van der Waals surface area contributed by atoms with Gasteiger partial charge in [-0.05, 0) is 80.2 Å². The van der Waals surface area contributed by atoms with Crippen LogP contribution >= 0.6 is 0 Å². The zero-order valence-corrected chi connectivity index (χ0v) is 21.1. The third-order valence-electron chi connectivity index (χ3n) is 6.61. The zero-order chi connectivity index (χ0) is 25.6. The van der Waals surface area contributed by atoms with Crippen molar-refractivity contribution in [2.75, 3.05) is 0 Å². The van der Waals surface area contributed by atoms with Gasteiger partial charge in [-0.1, -0.05) is 72.8 Å². The van der Waals surface area contributed by atoms with Gasteiger partial charge in [0.05, 0.1) is 37.8 Å². The monoisotopic (exact) mass is 496 g/mol. The molecule has 0 N–H and O–H groups in total. The average Bonchev–Trinajstić information content (AvgIpc) is 2.97. The smallest absolute Gasteiger partial charge is 0.0889 e. The van der Waals surface area contributed by atoms with Gasteiger partial charge in [0.1, 0.15) is 0 Å². The van der Waals surface area contributed by atoms with Crippen LogP contribution in [0.2, 0.25) is 0 Å². The molecule has 0 bridgehead atoms. The lowest BCUT2D eigenvalue weighted by Crippen LogP contribution is -1.98. The molecule has 0 saturated heterocycles. The second-order valence-electron chi connectivity index (χ2n) is 9.45. The molecule has 0 unspecified atom stereocenters. The Morgan fingerprint density at radius 3 is 1.24 bits per heavy atom. The number of rotatable bonds is 9. The predicted molar refractivity (Wildman–Crippen MR) is 152 cm³/mol. The maximum Gasteiger partial charge on any atom is 0.0889 e. The van der Waals surface area contributed by atoms with Crippen molar-refractivity contribution in [3.8, 4) is 11.4 Å². The normalized spacial score (nSPS) is 11.3. The first-order valence-electron chi connectivity index (χ1n) is 12.8. The Balaban J connectivity index is 1.06. The Bertz CT molecular complexity index is 1570. The molecule has 0 aliphatic heterocycles. The Kier molecular flexibility index (Phi) is 7.16. The SMILES string of the molecule is c1ccc2cc(COCc3ccnc(-c4cc(COCc5ccc6ccccc6c5)ccn4)c3)ccc2c1. The summed E-state index contributed by atoms with van der Waals surface area (Å²) in [7, 11) is 0. The van der Waals surface area contributed by atoms with Crippen LogP contribution < -0.4 is 0 Å². The number of fused-ring (bicyclic) bond motifs is 2. The molecule has 38 heavy (non-hydrogen) atoms. The molecular formula is C34H28N2O2. The highest BCUT2D eigenvalue weighted by molar-refractivity contribution is 5.83. The van der Waals surface area contributed by atoms with Crippen LogP contribution in [0.3, 0.4) is 0 Å². The molecule has 6 rings (SSSR count). The molecule has 186 valence electrons. The van der Waals surface area contributed by atoms with E-state index >= 15 is 0 Å². The topological polar surface area (TPSA) is 44.2 Å². The third-order valence-corrected chi connectivity index (χ3v) is 6.61. The highest BCUT2D eigenvalue weighted by Gasteiger charge is 2.06. The quantitative estimate of drug-likeness (QED) is 0.204. The molecule has 0 spiro atoms. The molecule has 4 nitrogen and oxygen atoms in total. The lowest BCUT2D eigenvalue weighted by Gasteiger charge is -2.09. The van der Waals surface area contributed by atoms with E-state index in [4.69, 9.17) is 9.47 Å². The molecule has 0 saturated carbocycles. The number of pyridine rings is 2. The standard InChI is InChI=1S/C34H28N2O2/c1-3-7-31-17-25(9-11-29(31)5-1)21-37-23-27-13-15-35-33(19-27)34-20-28(14-16-36-34)24-38-22-26-10-12-30-6-2-4-8-32(30)18-26/h1-20H,21-24H2. The summed E-state index contributed by atoms with van der Waals surface area (Å²) in [4.78, 5) is 9.10. The number of benzene rings is 4. The molecule has 6 aromatic rings. The molecule has 0 amide bonds. The first-order chi connectivity index (χ1) is 18.8. The average molecular weight is 497 g/mol. The van der Waals surface area contributed by atoms with E-state index in [9.17, 15) is 0 Å². The fourth-order valence-corrected chi connectivity index (χ4v) is 4.64. The Labute approximate surface area is 222 Å². The van der Waals surface area contributed by atoms with Crippen molar-refractivity contribution in [1.29, 1.82) is 0 Å². The highest BCUT2D eigenvalue weighted by Crippen LogP contribution is 2.20. The van der Waals surface area contributed by atoms with E-state index in [1.807, 2.05) is 36.7 Å². The summed E-state index contributed by atoms with van der Waals surface area (Å²) in [5.74, 6) is 0. The van der Waals surface area contributed by atoms with E-state index < -0.39 is 0 Å². The van der Waals surface area contributed by atoms with Crippen LogP contribution in [0.5, 0.6) is 0 Å². The second kappa shape index (κ2) is 11.3. The first-order valence-corrected chi connectivity index (χ1v) is 12.8. The minimum Gasteiger partial charge on any atom is -0.372 e. The molecule has 0 aliphatic rings. The molecular weight excluding hydrogens is 468 g/mol. The van der Waals surface area contributed by atoms with Gasteiger partial charge >= 0.3 is 0 Å². The van der Waals surface area contributed by atoms with Gasteiger partial charge in [0.15, 0.2) is 0 Å². The number of aromatic nitrogens is 2. The van der Waals surface area contributed by atoms with Gasteiger partial charge in [0.25, 0.3) is 0 Å². The number of hydrogen-bond acceptors (Lipinski definition) is 4. The van der Waals surface area contributed by atoms with Crippen molar-refractivity contribution in [3.05, 3.63) is 144 Å². The fourth-order valence-electron chi connectivity index (χ4n) is 4.64. The number of nitrogens with zero attached hydrogens (tertiary/aromatic N) is 2. The van der Waals surface area contributed by atoms with Gasteiger partial charge in [0.2, 0.25) is 0 Å². The van der Waals surface area contributed by atoms with Crippen LogP contribution in [0.15, 0.2) is 122 Å². The van der Waals surface area contributed by atoms with Crippen LogP contribution in [0.1, 0.15) is 22.3 Å². The summed E-state index contributed by atoms with van der Waals surface area (Å²) in [6.07, 6.45) is 3.63. The largest absolute Gasteiger partial charge is 0.372 e. The molecule has 0 fully saturated rings. The Morgan fingerprint density at radius 1 is 0.395 bits per heavy atom. The molecule has 0 atom stereocenters. The van der Waals surface area contributed by atoms with E-state index in [0.29, 0.717) is 26.4 Å².